The molecule has 1 aromatic heterocycles. The summed E-state index contributed by atoms with van der Waals surface area (Å²) >= 11 is 0. The van der Waals surface area contributed by atoms with Crippen LogP contribution in [0.5, 0.6) is 0 Å². The summed E-state index contributed by atoms with van der Waals surface area (Å²) in [5.74, 6) is -0.0573. The second kappa shape index (κ2) is 8.73. The van der Waals surface area contributed by atoms with E-state index in [0.717, 1.165) is 43.3 Å². The Morgan fingerprint density at radius 1 is 1.20 bits per heavy atom. The van der Waals surface area contributed by atoms with E-state index in [1.807, 2.05) is 29.2 Å². The highest BCUT2D eigenvalue weighted by Crippen LogP contribution is 2.26. The summed E-state index contributed by atoms with van der Waals surface area (Å²) in [4.78, 5) is 28.4. The van der Waals surface area contributed by atoms with Crippen molar-refractivity contribution in [1.29, 1.82) is 0 Å². The fourth-order valence-electron chi connectivity index (χ4n) is 4.76. The number of aliphatic hydroxyl groups is 1. The molecular weight excluding hydrogens is 382 g/mol. The lowest BCUT2D eigenvalue weighted by molar-refractivity contribution is -0.120. The van der Waals surface area contributed by atoms with Gasteiger partial charge >= 0.3 is 0 Å². The van der Waals surface area contributed by atoms with Gasteiger partial charge in [-0.05, 0) is 38.2 Å². The molecule has 2 aliphatic rings. The molecule has 162 valence electrons. The van der Waals surface area contributed by atoms with Crippen molar-refractivity contribution in [3.8, 4) is 0 Å². The molecule has 0 bridgehead atoms. The Morgan fingerprint density at radius 2 is 1.97 bits per heavy atom. The maximum Gasteiger partial charge on any atom is 0.274 e. The third-order valence-corrected chi connectivity index (χ3v) is 6.39. The lowest BCUT2D eigenvalue weighted by Crippen LogP contribution is -2.50. The molecule has 1 atom stereocenters. The first-order chi connectivity index (χ1) is 14.4. The third-order valence-electron chi connectivity index (χ3n) is 6.39. The molecule has 8 nitrogen and oxygen atoms in total. The van der Waals surface area contributed by atoms with E-state index in [9.17, 15) is 14.7 Å². The van der Waals surface area contributed by atoms with E-state index < -0.39 is 5.60 Å². The number of β-amino-alcohol motifs (C(OH)–C–C–N with tert-alkyl or cyclic N) is 1. The zero-order chi connectivity index (χ0) is 21.1. The van der Waals surface area contributed by atoms with E-state index in [4.69, 9.17) is 0 Å². The lowest BCUT2D eigenvalue weighted by atomic mass is 9.93. The zero-order valence-corrected chi connectivity index (χ0v) is 17.6. The van der Waals surface area contributed by atoms with E-state index in [2.05, 4.69) is 20.4 Å². The van der Waals surface area contributed by atoms with Crippen LogP contribution in [0, 0.1) is 0 Å². The van der Waals surface area contributed by atoms with Crippen molar-refractivity contribution in [3.63, 3.8) is 0 Å². The number of aromatic amines is 1. The minimum atomic E-state index is -0.788. The summed E-state index contributed by atoms with van der Waals surface area (Å²) < 4.78 is 0. The molecule has 0 spiro atoms. The third kappa shape index (κ3) is 4.65. The largest absolute Gasteiger partial charge is 0.388 e. The molecule has 3 heterocycles. The number of nitrogens with one attached hydrogen (secondary N) is 2. The molecule has 3 N–H and O–H groups in total. The van der Waals surface area contributed by atoms with Crippen molar-refractivity contribution in [2.45, 2.75) is 50.7 Å². The number of hydrogen-bond acceptors (Lipinski definition) is 5. The predicted molar refractivity (Wildman–Crippen MR) is 114 cm³/mol. The Bertz CT molecular complexity index is 905. The van der Waals surface area contributed by atoms with E-state index >= 15 is 0 Å². The summed E-state index contributed by atoms with van der Waals surface area (Å²) in [6, 6.07) is 7.88. The first kappa shape index (κ1) is 20.8. The van der Waals surface area contributed by atoms with Gasteiger partial charge in [-0.2, -0.15) is 5.10 Å². The maximum atomic E-state index is 13.1. The fourth-order valence-corrected chi connectivity index (χ4v) is 4.76. The van der Waals surface area contributed by atoms with Crippen LogP contribution in [0.4, 0.5) is 0 Å². The summed E-state index contributed by atoms with van der Waals surface area (Å²) in [6.07, 6.45) is 3.84. The molecule has 2 saturated heterocycles. The normalized spacial score (nSPS) is 24.0. The molecule has 2 aromatic rings. The Hall–Kier alpha value is -2.45. The standard InChI is InChI=1S/C22H31N5O3/c1-16(28)23-17-7-12-26(13-8-17)15-22(30)9-4-11-27(14-10-22)21(29)20-18-5-2-3-6-19(18)24-25-20/h2-3,5-6,17,30H,4,7-15H2,1H3,(H,23,28)(H,24,25)/t22-/m1/s1. The Morgan fingerprint density at radius 3 is 2.73 bits per heavy atom. The van der Waals surface area contributed by atoms with E-state index in [1.54, 1.807) is 6.92 Å². The van der Waals surface area contributed by atoms with Crippen LogP contribution in [0.1, 0.15) is 49.5 Å². The number of benzene rings is 1. The Labute approximate surface area is 176 Å². The molecule has 0 unspecified atom stereocenters. The fraction of sp³-hybridized carbons (Fsp3) is 0.591. The molecule has 1 aromatic carbocycles. The minimum Gasteiger partial charge on any atom is -0.388 e. The highest BCUT2D eigenvalue weighted by molar-refractivity contribution is 6.04. The molecule has 0 aliphatic carbocycles. The van der Waals surface area contributed by atoms with Gasteiger partial charge < -0.3 is 20.2 Å². The first-order valence-electron chi connectivity index (χ1n) is 10.9. The van der Waals surface area contributed by atoms with E-state index in [0.29, 0.717) is 38.2 Å². The van der Waals surface area contributed by atoms with Crippen molar-refractivity contribution in [2.24, 2.45) is 0 Å². The van der Waals surface area contributed by atoms with Gasteiger partial charge in [0.25, 0.3) is 5.91 Å². The van der Waals surface area contributed by atoms with E-state index in [-0.39, 0.29) is 17.9 Å². The van der Waals surface area contributed by atoms with Crippen LogP contribution < -0.4 is 5.32 Å². The van der Waals surface area contributed by atoms with Crippen molar-refractivity contribution < 1.29 is 14.7 Å². The van der Waals surface area contributed by atoms with Crippen molar-refractivity contribution in [1.82, 2.24) is 25.3 Å². The number of hydrogen-bond donors (Lipinski definition) is 3. The number of piperidine rings is 1. The van der Waals surface area contributed by atoms with Gasteiger partial charge in [0.15, 0.2) is 5.69 Å². The topological polar surface area (TPSA) is 102 Å². The summed E-state index contributed by atoms with van der Waals surface area (Å²) in [7, 11) is 0. The highest BCUT2D eigenvalue weighted by Gasteiger charge is 2.35. The number of aromatic nitrogens is 2. The van der Waals surface area contributed by atoms with Gasteiger partial charge in [-0.25, -0.2) is 0 Å². The number of nitrogens with zero attached hydrogens (tertiary/aromatic N) is 3. The van der Waals surface area contributed by atoms with Gasteiger partial charge in [-0.15, -0.1) is 0 Å². The Kier molecular flexibility index (Phi) is 6.06. The predicted octanol–water partition coefficient (Wildman–Crippen LogP) is 1.52. The number of likely N-dealkylation sites (tertiary alicyclic amines) is 2. The molecule has 30 heavy (non-hydrogen) atoms. The van der Waals surface area contributed by atoms with Crippen molar-refractivity contribution >= 4 is 22.7 Å². The Balaban J connectivity index is 1.34. The van der Waals surface area contributed by atoms with Crippen LogP contribution in [-0.4, -0.2) is 81.3 Å². The second-order valence-corrected chi connectivity index (χ2v) is 8.74. The second-order valence-electron chi connectivity index (χ2n) is 8.74. The highest BCUT2D eigenvalue weighted by atomic mass is 16.3. The average Bonchev–Trinajstić information content (AvgIpc) is 3.06. The molecule has 2 aliphatic heterocycles. The average molecular weight is 414 g/mol. The SMILES string of the molecule is CC(=O)NC1CCN(C[C@@]2(O)CCCN(C(=O)c3n[nH]c4ccccc34)CC2)CC1. The van der Waals surface area contributed by atoms with Crippen LogP contribution >= 0.6 is 0 Å². The van der Waals surface area contributed by atoms with Gasteiger partial charge in [0.2, 0.25) is 5.91 Å². The van der Waals surface area contributed by atoms with Crippen molar-refractivity contribution in [2.75, 3.05) is 32.7 Å². The quantitative estimate of drug-likeness (QED) is 0.706. The van der Waals surface area contributed by atoms with Crippen LogP contribution in [0.15, 0.2) is 24.3 Å². The van der Waals surface area contributed by atoms with Gasteiger partial charge in [-0.3, -0.25) is 14.7 Å². The van der Waals surface area contributed by atoms with Crippen LogP contribution in [0.25, 0.3) is 10.9 Å². The number of carbonyl (C=O) groups excluding carboxylic acids is 2. The molecule has 0 radical (unpaired) electrons. The zero-order valence-electron chi connectivity index (χ0n) is 17.6. The number of carbonyl (C=O) groups is 2. The van der Waals surface area contributed by atoms with Gasteiger partial charge in [0, 0.05) is 51.1 Å². The summed E-state index contributed by atoms with van der Waals surface area (Å²) in [5.41, 5.74) is 0.523. The number of para-hydroxylation sites is 1. The summed E-state index contributed by atoms with van der Waals surface area (Å²) in [5, 5.41) is 22.2. The number of fused-ring (bicyclic) bond motifs is 1. The molecule has 4 rings (SSSR count). The number of H-pyrrole nitrogens is 1. The van der Waals surface area contributed by atoms with E-state index in [1.165, 1.54) is 0 Å². The number of amides is 2. The molecule has 2 amide bonds. The van der Waals surface area contributed by atoms with Crippen LogP contribution in [0.3, 0.4) is 0 Å². The smallest absolute Gasteiger partial charge is 0.274 e. The first-order valence-corrected chi connectivity index (χ1v) is 10.9. The van der Waals surface area contributed by atoms with Crippen LogP contribution in [0.2, 0.25) is 0 Å². The molecule has 2 fully saturated rings. The monoisotopic (exact) mass is 413 g/mol. The van der Waals surface area contributed by atoms with Gasteiger partial charge in [0.05, 0.1) is 11.1 Å². The molecule has 0 saturated carbocycles. The maximum absolute atomic E-state index is 13.1. The minimum absolute atomic E-state index is 0.0188. The van der Waals surface area contributed by atoms with Crippen molar-refractivity contribution in [3.05, 3.63) is 30.0 Å². The lowest BCUT2D eigenvalue weighted by Gasteiger charge is -2.38. The number of rotatable bonds is 4. The summed E-state index contributed by atoms with van der Waals surface area (Å²) in [6.45, 7) is 5.07. The van der Waals surface area contributed by atoms with Crippen LogP contribution in [-0.2, 0) is 4.79 Å². The molecule has 8 heteroatoms. The molecular formula is C22H31N5O3. The van der Waals surface area contributed by atoms with Gasteiger partial charge in [-0.1, -0.05) is 18.2 Å². The van der Waals surface area contributed by atoms with Gasteiger partial charge in [0.1, 0.15) is 0 Å².